The minimum atomic E-state index is 0.193. The highest BCUT2D eigenvalue weighted by molar-refractivity contribution is 6.30. The molecule has 1 N–H and O–H groups in total. The molecule has 25 heavy (non-hydrogen) atoms. The van der Waals surface area contributed by atoms with Crippen LogP contribution >= 0.6 is 11.6 Å². The molecular weight excluding hydrogens is 336 g/mol. The van der Waals surface area contributed by atoms with Crippen molar-refractivity contribution in [3.8, 4) is 0 Å². The van der Waals surface area contributed by atoms with Crippen molar-refractivity contribution in [2.75, 3.05) is 26.2 Å². The standard InChI is InChI=1S/C20H27ClN2O2/c21-17-5-3-4-14(8-17)9-20(25)22-11-15-10-16(12-22)19(13-24)23-7-2-1-6-18(15)23/h3-5,8,15-16,18-19,24H,1-2,6-7,9-13H2/t15-,16+,18+,19+/m1/s1. The van der Waals surface area contributed by atoms with E-state index in [0.717, 1.165) is 31.6 Å². The lowest BCUT2D eigenvalue weighted by Gasteiger charge is -2.56. The van der Waals surface area contributed by atoms with Gasteiger partial charge in [0.25, 0.3) is 0 Å². The van der Waals surface area contributed by atoms with Crippen molar-refractivity contribution >= 4 is 17.5 Å². The summed E-state index contributed by atoms with van der Waals surface area (Å²) < 4.78 is 0. The Morgan fingerprint density at radius 2 is 2.08 bits per heavy atom. The number of carbonyl (C=O) groups excluding carboxylic acids is 1. The molecular formula is C20H27ClN2O2. The Balaban J connectivity index is 1.48. The Kier molecular flexibility index (Phi) is 5.03. The Morgan fingerprint density at radius 1 is 1.24 bits per heavy atom. The van der Waals surface area contributed by atoms with Crippen LogP contribution in [-0.4, -0.2) is 59.1 Å². The lowest BCUT2D eigenvalue weighted by molar-refractivity contribution is -0.141. The molecule has 3 heterocycles. The van der Waals surface area contributed by atoms with Crippen molar-refractivity contribution in [2.24, 2.45) is 11.8 Å². The molecule has 0 unspecified atom stereocenters. The second-order valence-corrected chi connectivity index (χ2v) is 8.35. The molecule has 136 valence electrons. The van der Waals surface area contributed by atoms with Gasteiger partial charge in [-0.3, -0.25) is 9.69 Å². The Hall–Kier alpha value is -1.10. The van der Waals surface area contributed by atoms with E-state index in [-0.39, 0.29) is 18.6 Å². The van der Waals surface area contributed by atoms with Gasteiger partial charge in [0.05, 0.1) is 13.0 Å². The molecule has 4 atom stereocenters. The fourth-order valence-electron chi connectivity index (χ4n) is 5.30. The first-order valence-corrected chi connectivity index (χ1v) is 9.92. The maximum Gasteiger partial charge on any atom is 0.227 e. The summed E-state index contributed by atoms with van der Waals surface area (Å²) in [6.45, 7) is 2.98. The van der Waals surface area contributed by atoms with Crippen molar-refractivity contribution in [1.29, 1.82) is 0 Å². The minimum absolute atomic E-state index is 0.193. The zero-order valence-electron chi connectivity index (χ0n) is 14.6. The fraction of sp³-hybridized carbons (Fsp3) is 0.650. The molecule has 0 saturated carbocycles. The molecule has 2 bridgehead atoms. The van der Waals surface area contributed by atoms with Gasteiger partial charge in [0.1, 0.15) is 0 Å². The number of fused-ring (bicyclic) bond motifs is 4. The number of nitrogens with zero attached hydrogens (tertiary/aromatic N) is 2. The number of likely N-dealkylation sites (tertiary alicyclic amines) is 1. The van der Waals surface area contributed by atoms with Crippen LogP contribution in [0.3, 0.4) is 0 Å². The lowest BCUT2D eigenvalue weighted by Crippen LogP contribution is -2.65. The topological polar surface area (TPSA) is 43.8 Å². The summed E-state index contributed by atoms with van der Waals surface area (Å²) in [6.07, 6.45) is 5.30. The number of halogens is 1. The predicted molar refractivity (Wildman–Crippen MR) is 98.6 cm³/mol. The maximum absolute atomic E-state index is 12.9. The summed E-state index contributed by atoms with van der Waals surface area (Å²) in [6, 6.07) is 8.35. The number of aliphatic hydroxyl groups is 1. The van der Waals surface area contributed by atoms with Crippen LogP contribution in [0, 0.1) is 11.8 Å². The van der Waals surface area contributed by atoms with E-state index in [1.54, 1.807) is 0 Å². The first kappa shape index (κ1) is 17.3. The highest BCUT2D eigenvalue weighted by Gasteiger charge is 2.47. The van der Waals surface area contributed by atoms with Crippen molar-refractivity contribution in [3.63, 3.8) is 0 Å². The molecule has 0 aliphatic carbocycles. The van der Waals surface area contributed by atoms with Crippen molar-refractivity contribution in [3.05, 3.63) is 34.9 Å². The summed E-state index contributed by atoms with van der Waals surface area (Å²) in [5.74, 6) is 1.16. The van der Waals surface area contributed by atoms with Crippen LogP contribution in [0.5, 0.6) is 0 Å². The molecule has 0 radical (unpaired) electrons. The van der Waals surface area contributed by atoms with Gasteiger partial charge >= 0.3 is 0 Å². The average Bonchev–Trinajstić information content (AvgIpc) is 2.62. The number of carbonyl (C=O) groups is 1. The Bertz CT molecular complexity index is 624. The van der Waals surface area contributed by atoms with E-state index in [4.69, 9.17) is 11.6 Å². The smallest absolute Gasteiger partial charge is 0.227 e. The highest BCUT2D eigenvalue weighted by Crippen LogP contribution is 2.41. The molecule has 3 aliphatic heterocycles. The van der Waals surface area contributed by atoms with Gasteiger partial charge in [-0.05, 0) is 55.3 Å². The molecule has 5 heteroatoms. The van der Waals surface area contributed by atoms with Crippen LogP contribution in [0.1, 0.15) is 31.2 Å². The van der Waals surface area contributed by atoms with Gasteiger partial charge in [0.15, 0.2) is 0 Å². The summed E-state index contributed by atoms with van der Waals surface area (Å²) >= 11 is 6.05. The third-order valence-electron chi connectivity index (χ3n) is 6.41. The van der Waals surface area contributed by atoms with Gasteiger partial charge in [-0.25, -0.2) is 0 Å². The monoisotopic (exact) mass is 362 g/mol. The number of hydrogen-bond donors (Lipinski definition) is 1. The number of rotatable bonds is 3. The van der Waals surface area contributed by atoms with Gasteiger partial charge in [-0.15, -0.1) is 0 Å². The van der Waals surface area contributed by atoms with Gasteiger partial charge in [-0.2, -0.15) is 0 Å². The number of amides is 1. The molecule has 3 saturated heterocycles. The van der Waals surface area contributed by atoms with Crippen LogP contribution < -0.4 is 0 Å². The molecule has 0 spiro atoms. The summed E-state index contributed by atoms with van der Waals surface area (Å²) in [5.41, 5.74) is 0.978. The van der Waals surface area contributed by atoms with Crippen LogP contribution in [0.2, 0.25) is 5.02 Å². The van der Waals surface area contributed by atoms with Gasteiger partial charge in [0.2, 0.25) is 5.91 Å². The number of hydrogen-bond acceptors (Lipinski definition) is 3. The SMILES string of the molecule is O=C(Cc1cccc(Cl)c1)N1C[C@H]2C[C@@H](C1)[C@H](CO)N1CCCC[C@@H]21. The molecule has 1 amide bonds. The van der Waals surface area contributed by atoms with Crippen molar-refractivity contribution < 1.29 is 9.90 Å². The van der Waals surface area contributed by atoms with Gasteiger partial charge < -0.3 is 10.0 Å². The third kappa shape index (κ3) is 3.44. The van der Waals surface area contributed by atoms with E-state index in [1.165, 1.54) is 19.3 Å². The molecule has 3 fully saturated rings. The molecule has 3 aliphatic rings. The van der Waals surface area contributed by atoms with Crippen LogP contribution in [-0.2, 0) is 11.2 Å². The molecule has 4 nitrogen and oxygen atoms in total. The summed E-state index contributed by atoms with van der Waals surface area (Å²) in [4.78, 5) is 17.5. The van der Waals surface area contributed by atoms with Crippen molar-refractivity contribution in [1.82, 2.24) is 9.80 Å². The normalized spacial score (nSPS) is 32.3. The number of piperidine rings is 3. The third-order valence-corrected chi connectivity index (χ3v) is 6.64. The number of benzene rings is 1. The quantitative estimate of drug-likeness (QED) is 0.898. The Labute approximate surface area is 154 Å². The van der Waals surface area contributed by atoms with E-state index in [1.807, 2.05) is 29.2 Å². The molecule has 0 aromatic heterocycles. The number of aliphatic hydroxyl groups excluding tert-OH is 1. The minimum Gasteiger partial charge on any atom is -0.395 e. The fourth-order valence-corrected chi connectivity index (χ4v) is 5.51. The van der Waals surface area contributed by atoms with Gasteiger partial charge in [0, 0.05) is 30.2 Å². The zero-order valence-corrected chi connectivity index (χ0v) is 15.4. The first-order chi connectivity index (χ1) is 12.2. The largest absolute Gasteiger partial charge is 0.395 e. The van der Waals surface area contributed by atoms with E-state index in [2.05, 4.69) is 4.90 Å². The maximum atomic E-state index is 12.9. The average molecular weight is 363 g/mol. The Morgan fingerprint density at radius 3 is 2.88 bits per heavy atom. The van der Waals surface area contributed by atoms with Crippen LogP contribution in [0.15, 0.2) is 24.3 Å². The predicted octanol–water partition coefficient (Wildman–Crippen LogP) is 2.58. The molecule has 1 aromatic carbocycles. The molecule has 4 rings (SSSR count). The van der Waals surface area contributed by atoms with Crippen molar-refractivity contribution in [2.45, 2.75) is 44.2 Å². The second kappa shape index (κ2) is 7.26. The van der Waals surface area contributed by atoms with Crippen LogP contribution in [0.25, 0.3) is 0 Å². The summed E-state index contributed by atoms with van der Waals surface area (Å²) in [5, 5.41) is 10.7. The van der Waals surface area contributed by atoms with E-state index >= 15 is 0 Å². The first-order valence-electron chi connectivity index (χ1n) is 9.54. The van der Waals surface area contributed by atoms with Gasteiger partial charge in [-0.1, -0.05) is 30.2 Å². The lowest BCUT2D eigenvalue weighted by atomic mass is 9.72. The molecule has 1 aromatic rings. The summed E-state index contributed by atoms with van der Waals surface area (Å²) in [7, 11) is 0. The second-order valence-electron chi connectivity index (χ2n) is 7.91. The zero-order chi connectivity index (χ0) is 17.4. The van der Waals surface area contributed by atoms with E-state index in [0.29, 0.717) is 29.3 Å². The van der Waals surface area contributed by atoms with E-state index in [9.17, 15) is 9.90 Å². The van der Waals surface area contributed by atoms with Crippen LogP contribution in [0.4, 0.5) is 0 Å². The van der Waals surface area contributed by atoms with E-state index < -0.39 is 0 Å². The highest BCUT2D eigenvalue weighted by atomic mass is 35.5.